The summed E-state index contributed by atoms with van der Waals surface area (Å²) in [5.41, 5.74) is 2.98. The molecule has 2 heterocycles. The van der Waals surface area contributed by atoms with Crippen molar-refractivity contribution in [2.45, 2.75) is 49.6 Å². The second kappa shape index (κ2) is 6.38. The van der Waals surface area contributed by atoms with Gasteiger partial charge in [0.05, 0.1) is 22.1 Å². The number of ether oxygens (including phenoxy) is 2. The van der Waals surface area contributed by atoms with E-state index in [0.717, 1.165) is 23.1 Å². The lowest BCUT2D eigenvalue weighted by Crippen LogP contribution is -2.20. The van der Waals surface area contributed by atoms with Crippen LogP contribution in [-0.2, 0) is 9.47 Å². The third-order valence-corrected chi connectivity index (χ3v) is 6.07. The average Bonchev–Trinajstić information content (AvgIpc) is 3.04. The molecule has 21 heavy (non-hydrogen) atoms. The number of fused-ring (bicyclic) bond motifs is 1. The average molecular weight is 441 g/mol. The zero-order chi connectivity index (χ0) is 15.1. The molecule has 116 valence electrons. The summed E-state index contributed by atoms with van der Waals surface area (Å²) in [6.45, 7) is 1.73. The molecule has 0 unspecified atom stereocenters. The van der Waals surface area contributed by atoms with Crippen molar-refractivity contribution < 1.29 is 14.6 Å². The molecular weight excluding hydrogens is 423 g/mol. The lowest BCUT2D eigenvalue weighted by Gasteiger charge is -2.14. The zero-order valence-corrected chi connectivity index (χ0v) is 15.4. The predicted molar refractivity (Wildman–Crippen MR) is 88.6 cm³/mol. The van der Waals surface area contributed by atoms with Gasteiger partial charge in [-0.3, -0.25) is 0 Å². The molecule has 6 heteroatoms. The van der Waals surface area contributed by atoms with E-state index in [1.54, 1.807) is 11.9 Å². The molecule has 0 spiro atoms. The molecule has 0 aromatic carbocycles. The van der Waals surface area contributed by atoms with Crippen LogP contribution in [0.15, 0.2) is 27.0 Å². The molecular formula is C15H17Br2ClO3. The molecule has 0 bridgehead atoms. The molecule has 1 N–H and O–H groups in total. The summed E-state index contributed by atoms with van der Waals surface area (Å²) in [4.78, 5) is 1.69. The molecule has 3 aliphatic rings. The maximum absolute atomic E-state index is 9.59. The molecule has 2 aliphatic heterocycles. The van der Waals surface area contributed by atoms with Gasteiger partial charge in [-0.2, -0.15) is 0 Å². The van der Waals surface area contributed by atoms with Gasteiger partial charge < -0.3 is 14.6 Å². The largest absolute Gasteiger partial charge is 0.490 e. The SMILES string of the molecule is C[C@H](O)[C@H](Cl)[C@H]1C[C@H]1C1=C(Br)[C@@H]2O[C@@H](C=C=CBr)C[C@@H]2O1. The van der Waals surface area contributed by atoms with E-state index in [1.807, 2.05) is 6.08 Å². The fourth-order valence-corrected chi connectivity index (χ4v) is 4.34. The summed E-state index contributed by atoms with van der Waals surface area (Å²) < 4.78 is 13.1. The summed E-state index contributed by atoms with van der Waals surface area (Å²) in [5.74, 6) is 1.57. The van der Waals surface area contributed by atoms with Gasteiger partial charge in [0.15, 0.2) is 0 Å². The van der Waals surface area contributed by atoms with Crippen LogP contribution in [0.1, 0.15) is 19.8 Å². The lowest BCUT2D eigenvalue weighted by atomic mass is 10.1. The fourth-order valence-electron chi connectivity index (χ4n) is 3.12. The van der Waals surface area contributed by atoms with Crippen LogP contribution in [-0.4, -0.2) is 34.9 Å². The number of hydrogen-bond acceptors (Lipinski definition) is 3. The van der Waals surface area contributed by atoms with Crippen LogP contribution >= 0.6 is 43.5 Å². The Labute approximate surface area is 146 Å². The number of allylic oxidation sites excluding steroid dienone is 1. The number of alkyl halides is 1. The van der Waals surface area contributed by atoms with E-state index >= 15 is 0 Å². The van der Waals surface area contributed by atoms with Crippen LogP contribution in [0.25, 0.3) is 0 Å². The monoisotopic (exact) mass is 438 g/mol. The van der Waals surface area contributed by atoms with Crippen LogP contribution < -0.4 is 0 Å². The molecule has 3 nitrogen and oxygen atoms in total. The van der Waals surface area contributed by atoms with Crippen LogP contribution in [0.5, 0.6) is 0 Å². The van der Waals surface area contributed by atoms with E-state index in [4.69, 9.17) is 21.1 Å². The van der Waals surface area contributed by atoms with Crippen molar-refractivity contribution >= 4 is 43.5 Å². The molecule has 2 fully saturated rings. The number of aliphatic hydroxyl groups is 1. The Balaban J connectivity index is 1.66. The van der Waals surface area contributed by atoms with Crippen LogP contribution in [0.4, 0.5) is 0 Å². The summed E-state index contributed by atoms with van der Waals surface area (Å²) in [7, 11) is 0. The first kappa shape index (κ1) is 16.1. The molecule has 1 saturated heterocycles. The highest BCUT2D eigenvalue weighted by molar-refractivity contribution is 9.11. The van der Waals surface area contributed by atoms with Crippen molar-refractivity contribution in [2.75, 3.05) is 0 Å². The summed E-state index contributed by atoms with van der Waals surface area (Å²) >= 11 is 13.1. The summed E-state index contributed by atoms with van der Waals surface area (Å²) in [6.07, 6.45) is 3.28. The van der Waals surface area contributed by atoms with Gasteiger partial charge in [-0.15, -0.1) is 17.3 Å². The Hall–Kier alpha value is 0.230. The van der Waals surface area contributed by atoms with Gasteiger partial charge in [0, 0.05) is 17.3 Å². The van der Waals surface area contributed by atoms with Crippen molar-refractivity contribution in [3.63, 3.8) is 0 Å². The van der Waals surface area contributed by atoms with Gasteiger partial charge in [-0.25, -0.2) is 0 Å². The number of rotatable bonds is 4. The minimum absolute atomic E-state index is 0.0278. The number of hydrogen-bond donors (Lipinski definition) is 1. The third kappa shape index (κ3) is 3.15. The Morgan fingerprint density at radius 2 is 2.24 bits per heavy atom. The van der Waals surface area contributed by atoms with E-state index in [0.29, 0.717) is 11.8 Å². The van der Waals surface area contributed by atoms with E-state index in [9.17, 15) is 5.11 Å². The van der Waals surface area contributed by atoms with Gasteiger partial charge in [0.25, 0.3) is 0 Å². The maximum atomic E-state index is 9.59. The van der Waals surface area contributed by atoms with E-state index in [-0.39, 0.29) is 23.7 Å². The third-order valence-electron chi connectivity index (χ3n) is 4.28. The standard InChI is InChI=1S/C15H17Br2ClO3/c1-7(19)13(18)9-6-10(9)14-12(17)15-11(21-14)5-8(20-15)3-2-4-16/h3-4,7-11,13,15,19H,5-6H2,1H3/t2?,7-,8-,9-,10+,11-,13-,15+/m0/s1. The van der Waals surface area contributed by atoms with Gasteiger partial charge in [0.2, 0.25) is 0 Å². The van der Waals surface area contributed by atoms with E-state index in [1.165, 1.54) is 0 Å². The highest BCUT2D eigenvalue weighted by Gasteiger charge is 2.53. The van der Waals surface area contributed by atoms with Gasteiger partial charge in [0.1, 0.15) is 18.0 Å². The van der Waals surface area contributed by atoms with Gasteiger partial charge in [-0.1, -0.05) is 15.9 Å². The molecule has 1 saturated carbocycles. The minimum Gasteiger partial charge on any atom is -0.490 e. The normalized spacial score (nSPS) is 40.1. The van der Waals surface area contributed by atoms with Crippen molar-refractivity contribution in [2.24, 2.45) is 11.8 Å². The molecule has 0 amide bonds. The first-order chi connectivity index (χ1) is 10.0. The molecule has 0 aromatic rings. The van der Waals surface area contributed by atoms with Crippen LogP contribution in [0.3, 0.4) is 0 Å². The lowest BCUT2D eigenvalue weighted by molar-refractivity contribution is 0.0614. The quantitative estimate of drug-likeness (QED) is 0.533. The minimum atomic E-state index is -0.497. The Kier molecular flexibility index (Phi) is 4.90. The van der Waals surface area contributed by atoms with E-state index in [2.05, 4.69) is 37.6 Å². The molecule has 1 aliphatic carbocycles. The second-order valence-corrected chi connectivity index (χ2v) is 7.65. The topological polar surface area (TPSA) is 38.7 Å². The molecule has 0 aromatic heterocycles. The summed E-state index contributed by atoms with van der Waals surface area (Å²) in [6, 6.07) is 0. The first-order valence-corrected chi connectivity index (χ1v) is 9.22. The van der Waals surface area contributed by atoms with Crippen molar-refractivity contribution in [3.05, 3.63) is 27.0 Å². The number of aliphatic hydroxyl groups excluding tert-OH is 1. The maximum Gasteiger partial charge on any atom is 0.132 e. The first-order valence-electron chi connectivity index (χ1n) is 7.08. The second-order valence-electron chi connectivity index (χ2n) is 5.83. The van der Waals surface area contributed by atoms with Crippen molar-refractivity contribution in [1.82, 2.24) is 0 Å². The zero-order valence-electron chi connectivity index (χ0n) is 11.5. The molecule has 0 radical (unpaired) electrons. The Bertz CT molecular complexity index is 513. The summed E-state index contributed by atoms with van der Waals surface area (Å²) in [5, 5.41) is 9.38. The van der Waals surface area contributed by atoms with E-state index < -0.39 is 6.10 Å². The Morgan fingerprint density at radius 1 is 1.48 bits per heavy atom. The van der Waals surface area contributed by atoms with Crippen LogP contribution in [0, 0.1) is 11.8 Å². The predicted octanol–water partition coefficient (Wildman–Crippen LogP) is 3.84. The Morgan fingerprint density at radius 3 is 2.86 bits per heavy atom. The molecule has 7 atom stereocenters. The number of halogens is 3. The van der Waals surface area contributed by atoms with Crippen LogP contribution in [0.2, 0.25) is 0 Å². The molecule has 3 rings (SSSR count). The highest BCUT2D eigenvalue weighted by Crippen LogP contribution is 2.55. The van der Waals surface area contributed by atoms with Crippen molar-refractivity contribution in [3.8, 4) is 0 Å². The van der Waals surface area contributed by atoms with Gasteiger partial charge >= 0.3 is 0 Å². The smallest absolute Gasteiger partial charge is 0.132 e. The van der Waals surface area contributed by atoms with Gasteiger partial charge in [-0.05, 0) is 41.3 Å². The highest BCUT2D eigenvalue weighted by atomic mass is 79.9. The van der Waals surface area contributed by atoms with Crippen molar-refractivity contribution in [1.29, 1.82) is 0 Å². The fraction of sp³-hybridized carbons (Fsp3) is 0.667.